The number of amides is 1. The smallest absolute Gasteiger partial charge is 0.295 e. The molecule has 0 radical (unpaired) electrons. The average molecular weight is 452 g/mol. The minimum Gasteiger partial charge on any atom is -0.490 e. The zero-order valence-corrected chi connectivity index (χ0v) is 19.2. The number of hydrogen-bond acceptors (Lipinski definition) is 4. The van der Waals surface area contributed by atoms with Crippen molar-refractivity contribution in [2.45, 2.75) is 26.3 Å². The summed E-state index contributed by atoms with van der Waals surface area (Å²) in [6.07, 6.45) is 2.58. The number of carbonyl (C=O) groups is 1. The summed E-state index contributed by atoms with van der Waals surface area (Å²) in [6.45, 7) is 8.08. The summed E-state index contributed by atoms with van der Waals surface area (Å²) in [6, 6.07) is 20.1. The van der Waals surface area contributed by atoms with E-state index >= 15 is 0 Å². The van der Waals surface area contributed by atoms with E-state index in [1.807, 2.05) is 67.6 Å². The van der Waals surface area contributed by atoms with E-state index in [2.05, 4.69) is 13.5 Å². The van der Waals surface area contributed by atoms with Gasteiger partial charge in [0.1, 0.15) is 17.9 Å². The van der Waals surface area contributed by atoms with Crippen molar-refractivity contribution in [3.8, 4) is 5.75 Å². The van der Waals surface area contributed by atoms with Crippen LogP contribution in [0.15, 0.2) is 88.6 Å². The van der Waals surface area contributed by atoms with Crippen LogP contribution in [0.2, 0.25) is 0 Å². The highest BCUT2D eigenvalue weighted by Gasteiger charge is 2.43. The van der Waals surface area contributed by atoms with Crippen LogP contribution in [0.25, 0.3) is 11.0 Å². The molecular formula is C29H25NO4. The summed E-state index contributed by atoms with van der Waals surface area (Å²) in [4.78, 5) is 29.0. The van der Waals surface area contributed by atoms with Crippen molar-refractivity contribution in [2.24, 2.45) is 0 Å². The fourth-order valence-corrected chi connectivity index (χ4v) is 4.46. The Kier molecular flexibility index (Phi) is 5.54. The third-order valence-corrected chi connectivity index (χ3v) is 6.21. The van der Waals surface area contributed by atoms with Crippen LogP contribution in [0.3, 0.4) is 0 Å². The summed E-state index contributed by atoms with van der Waals surface area (Å²) in [5.74, 6) is 0.460. The standard InChI is InChI=1S/C29H25NO4/c1-4-16-33-22-13-9-20(10-14-22)26-25-27(31)23-17-18(3)6-15-24(23)34-28(25)29(32)30(26)21-11-7-19(5-2)8-12-21/h4,6-15,17,26H,1,5,16H2,2-3H3. The first-order chi connectivity index (χ1) is 16.5. The normalized spacial score (nSPS) is 14.9. The Morgan fingerprint density at radius 2 is 1.76 bits per heavy atom. The molecule has 170 valence electrons. The number of anilines is 1. The van der Waals surface area contributed by atoms with Gasteiger partial charge in [0.2, 0.25) is 5.76 Å². The maximum atomic E-state index is 13.7. The molecular weight excluding hydrogens is 426 g/mol. The fraction of sp³-hybridized carbons (Fsp3) is 0.172. The zero-order chi connectivity index (χ0) is 23.8. The van der Waals surface area contributed by atoms with Crippen LogP contribution in [-0.2, 0) is 6.42 Å². The highest BCUT2D eigenvalue weighted by Crippen LogP contribution is 2.41. The minimum absolute atomic E-state index is 0.0953. The van der Waals surface area contributed by atoms with Crippen molar-refractivity contribution in [3.63, 3.8) is 0 Å². The van der Waals surface area contributed by atoms with Gasteiger partial charge < -0.3 is 9.15 Å². The first-order valence-electron chi connectivity index (χ1n) is 11.3. The van der Waals surface area contributed by atoms with E-state index in [-0.39, 0.29) is 17.1 Å². The predicted molar refractivity (Wildman–Crippen MR) is 134 cm³/mol. The molecule has 5 nitrogen and oxygen atoms in total. The van der Waals surface area contributed by atoms with Crippen molar-refractivity contribution in [1.82, 2.24) is 0 Å². The molecule has 1 amide bonds. The molecule has 0 saturated carbocycles. The van der Waals surface area contributed by atoms with Gasteiger partial charge in [0.15, 0.2) is 5.43 Å². The summed E-state index contributed by atoms with van der Waals surface area (Å²) >= 11 is 0. The van der Waals surface area contributed by atoms with Gasteiger partial charge >= 0.3 is 0 Å². The molecule has 0 fully saturated rings. The van der Waals surface area contributed by atoms with Crippen molar-refractivity contribution in [1.29, 1.82) is 0 Å². The van der Waals surface area contributed by atoms with Crippen LogP contribution >= 0.6 is 0 Å². The second kappa shape index (κ2) is 8.67. The van der Waals surface area contributed by atoms with E-state index in [4.69, 9.17) is 9.15 Å². The molecule has 0 bridgehead atoms. The summed E-state index contributed by atoms with van der Waals surface area (Å²) in [7, 11) is 0. The van der Waals surface area contributed by atoms with Gasteiger partial charge in [-0.05, 0) is 60.9 Å². The van der Waals surface area contributed by atoms with Crippen LogP contribution in [0.5, 0.6) is 5.75 Å². The second-order valence-corrected chi connectivity index (χ2v) is 8.44. The molecule has 1 unspecified atom stereocenters. The van der Waals surface area contributed by atoms with E-state index in [0.29, 0.717) is 34.6 Å². The van der Waals surface area contributed by atoms with Crippen LogP contribution in [0.1, 0.15) is 45.8 Å². The van der Waals surface area contributed by atoms with Crippen LogP contribution < -0.4 is 15.1 Å². The van der Waals surface area contributed by atoms with Gasteiger partial charge in [-0.2, -0.15) is 0 Å². The topological polar surface area (TPSA) is 59.8 Å². The van der Waals surface area contributed by atoms with Crippen molar-refractivity contribution in [2.75, 3.05) is 11.5 Å². The Hall–Kier alpha value is -4.12. The highest BCUT2D eigenvalue weighted by molar-refractivity contribution is 6.10. The van der Waals surface area contributed by atoms with Crippen molar-refractivity contribution < 1.29 is 13.9 Å². The van der Waals surface area contributed by atoms with Gasteiger partial charge in [0.25, 0.3) is 5.91 Å². The van der Waals surface area contributed by atoms with Crippen molar-refractivity contribution >= 4 is 22.6 Å². The Labute approximate surface area is 197 Å². The molecule has 1 aliphatic heterocycles. The summed E-state index contributed by atoms with van der Waals surface area (Å²) in [5.41, 5.74) is 4.24. The van der Waals surface area contributed by atoms with Gasteiger partial charge in [-0.15, -0.1) is 0 Å². The van der Waals surface area contributed by atoms with Crippen molar-refractivity contribution in [3.05, 3.63) is 118 Å². The van der Waals surface area contributed by atoms with E-state index in [1.165, 1.54) is 5.56 Å². The third-order valence-electron chi connectivity index (χ3n) is 6.21. The van der Waals surface area contributed by atoms with Gasteiger partial charge in [0, 0.05) is 5.69 Å². The molecule has 1 atom stereocenters. The fourth-order valence-electron chi connectivity index (χ4n) is 4.46. The number of rotatable bonds is 6. The van der Waals surface area contributed by atoms with Gasteiger partial charge in [-0.3, -0.25) is 14.5 Å². The first-order valence-corrected chi connectivity index (χ1v) is 11.3. The Morgan fingerprint density at radius 3 is 2.44 bits per heavy atom. The molecule has 5 rings (SSSR count). The lowest BCUT2D eigenvalue weighted by molar-refractivity contribution is 0.0971. The average Bonchev–Trinajstić information content (AvgIpc) is 3.16. The lowest BCUT2D eigenvalue weighted by atomic mass is 9.97. The Balaban J connectivity index is 1.71. The number of carbonyl (C=O) groups excluding carboxylic acids is 1. The number of hydrogen-bond donors (Lipinski definition) is 0. The van der Waals surface area contributed by atoms with Gasteiger partial charge in [-0.25, -0.2) is 0 Å². The molecule has 0 spiro atoms. The molecule has 1 aliphatic rings. The van der Waals surface area contributed by atoms with E-state index in [0.717, 1.165) is 17.5 Å². The molecule has 4 aromatic rings. The lowest BCUT2D eigenvalue weighted by Gasteiger charge is -2.25. The van der Waals surface area contributed by atoms with Gasteiger partial charge in [0.05, 0.1) is 17.0 Å². The van der Waals surface area contributed by atoms with E-state index in [1.54, 1.807) is 17.0 Å². The van der Waals surface area contributed by atoms with E-state index < -0.39 is 6.04 Å². The molecule has 0 saturated heterocycles. The quantitative estimate of drug-likeness (QED) is 0.339. The number of benzene rings is 3. The van der Waals surface area contributed by atoms with Crippen LogP contribution in [0, 0.1) is 6.92 Å². The molecule has 0 aliphatic carbocycles. The first kappa shape index (κ1) is 21.7. The summed E-state index contributed by atoms with van der Waals surface area (Å²) in [5, 5.41) is 0.477. The van der Waals surface area contributed by atoms with Gasteiger partial charge in [-0.1, -0.05) is 55.5 Å². The largest absolute Gasteiger partial charge is 0.490 e. The SMILES string of the molecule is C=CCOc1ccc(C2c3c(oc4ccc(C)cc4c3=O)C(=O)N2c2ccc(CC)cc2)cc1. The molecule has 2 heterocycles. The predicted octanol–water partition coefficient (Wildman–Crippen LogP) is 5.98. The second-order valence-electron chi connectivity index (χ2n) is 8.44. The maximum absolute atomic E-state index is 13.7. The number of aryl methyl sites for hydroxylation is 2. The Bertz CT molecular complexity index is 1450. The molecule has 1 aromatic heterocycles. The van der Waals surface area contributed by atoms with E-state index in [9.17, 15) is 9.59 Å². The van der Waals surface area contributed by atoms with Crippen LogP contribution in [0.4, 0.5) is 5.69 Å². The third kappa shape index (κ3) is 3.59. The number of ether oxygens (including phenoxy) is 1. The van der Waals surface area contributed by atoms with Crippen LogP contribution in [-0.4, -0.2) is 12.5 Å². The number of fused-ring (bicyclic) bond motifs is 2. The monoisotopic (exact) mass is 451 g/mol. The molecule has 5 heteroatoms. The molecule has 34 heavy (non-hydrogen) atoms. The minimum atomic E-state index is -0.607. The Morgan fingerprint density at radius 1 is 1.03 bits per heavy atom. The summed E-state index contributed by atoms with van der Waals surface area (Å²) < 4.78 is 11.7. The number of nitrogens with zero attached hydrogens (tertiary/aromatic N) is 1. The molecule has 3 aromatic carbocycles. The maximum Gasteiger partial charge on any atom is 0.295 e. The lowest BCUT2D eigenvalue weighted by Crippen LogP contribution is -2.29. The zero-order valence-electron chi connectivity index (χ0n) is 19.2. The highest BCUT2D eigenvalue weighted by atomic mass is 16.5. The molecule has 0 N–H and O–H groups in total.